The van der Waals surface area contributed by atoms with Crippen LogP contribution in [0.15, 0.2) is 0 Å². The van der Waals surface area contributed by atoms with E-state index in [1.165, 1.54) is 11.9 Å². The molecule has 0 unspecified atom stereocenters. The lowest BCUT2D eigenvalue weighted by Crippen LogP contribution is -2.43. The number of ether oxygens (including phenoxy) is 2. The quantitative estimate of drug-likeness (QED) is 0.560. The fourth-order valence-electron chi connectivity index (χ4n) is 0.929. The summed E-state index contributed by atoms with van der Waals surface area (Å²) in [5, 5.41) is 10.3. The zero-order chi connectivity index (χ0) is 14.0. The van der Waals surface area contributed by atoms with E-state index in [1.54, 1.807) is 0 Å². The Morgan fingerprint density at radius 2 is 1.89 bits per heavy atom. The molecule has 8 heteroatoms. The number of rotatable bonds is 8. The predicted molar refractivity (Wildman–Crippen MR) is 61.1 cm³/mol. The number of aliphatic carboxylic acids is 1. The van der Waals surface area contributed by atoms with Crippen molar-refractivity contribution < 1.29 is 29.0 Å². The molecule has 0 atom stereocenters. The second kappa shape index (κ2) is 9.37. The van der Waals surface area contributed by atoms with Crippen molar-refractivity contribution in [2.75, 3.05) is 40.0 Å². The first-order valence-electron chi connectivity index (χ1n) is 5.39. The van der Waals surface area contributed by atoms with Crippen molar-refractivity contribution in [3.63, 3.8) is 0 Å². The molecular weight excluding hydrogens is 244 g/mol. The van der Waals surface area contributed by atoms with Crippen LogP contribution in [0, 0.1) is 0 Å². The van der Waals surface area contributed by atoms with Crippen LogP contribution in [0.4, 0.5) is 4.79 Å². The van der Waals surface area contributed by atoms with Gasteiger partial charge in [-0.3, -0.25) is 10.1 Å². The Bertz CT molecular complexity index is 294. The van der Waals surface area contributed by atoms with E-state index >= 15 is 0 Å². The van der Waals surface area contributed by atoms with Crippen LogP contribution in [0.3, 0.4) is 0 Å². The van der Waals surface area contributed by atoms with Gasteiger partial charge >= 0.3 is 12.0 Å². The van der Waals surface area contributed by atoms with Crippen LogP contribution in [0.25, 0.3) is 0 Å². The lowest BCUT2D eigenvalue weighted by Gasteiger charge is -2.16. The Morgan fingerprint density at radius 3 is 2.44 bits per heavy atom. The minimum Gasteiger partial charge on any atom is -0.480 e. The number of carbonyl (C=O) groups is 3. The number of amides is 3. The molecule has 0 aliphatic rings. The molecule has 8 nitrogen and oxygen atoms in total. The van der Waals surface area contributed by atoms with E-state index < -0.39 is 31.1 Å². The third-order valence-corrected chi connectivity index (χ3v) is 1.83. The third kappa shape index (κ3) is 8.48. The number of likely N-dealkylation sites (N-methyl/N-ethyl adjacent to an activating group) is 1. The lowest BCUT2D eigenvalue weighted by molar-refractivity contribution is -0.143. The zero-order valence-corrected chi connectivity index (χ0v) is 10.5. The van der Waals surface area contributed by atoms with Crippen LogP contribution in [0.5, 0.6) is 0 Å². The molecule has 0 rings (SSSR count). The minimum absolute atomic E-state index is 0.350. The van der Waals surface area contributed by atoms with E-state index in [2.05, 4.69) is 10.1 Å². The van der Waals surface area contributed by atoms with Gasteiger partial charge in [0, 0.05) is 20.2 Å². The molecule has 0 spiro atoms. The first-order valence-corrected chi connectivity index (χ1v) is 5.39. The first kappa shape index (κ1) is 16.3. The van der Waals surface area contributed by atoms with Crippen molar-refractivity contribution in [2.45, 2.75) is 6.92 Å². The molecule has 0 fully saturated rings. The second-order valence-electron chi connectivity index (χ2n) is 3.36. The summed E-state index contributed by atoms with van der Waals surface area (Å²) in [6.45, 7) is 2.06. The maximum Gasteiger partial charge on any atom is 0.329 e. The summed E-state index contributed by atoms with van der Waals surface area (Å²) < 4.78 is 9.58. The minimum atomic E-state index is -1.18. The van der Waals surface area contributed by atoms with Gasteiger partial charge < -0.3 is 19.5 Å². The lowest BCUT2D eigenvalue weighted by atomic mass is 10.5. The summed E-state index contributed by atoms with van der Waals surface area (Å²) in [5.74, 6) is -1.87. The molecular formula is C10H18N2O6. The number of nitrogens with zero attached hydrogens (tertiary/aromatic N) is 1. The van der Waals surface area contributed by atoms with Crippen molar-refractivity contribution in [1.29, 1.82) is 0 Å². The topological polar surface area (TPSA) is 105 Å². The summed E-state index contributed by atoms with van der Waals surface area (Å²) in [4.78, 5) is 34.0. The summed E-state index contributed by atoms with van der Waals surface area (Å²) in [5.41, 5.74) is 0. The molecule has 0 radical (unpaired) electrons. The smallest absolute Gasteiger partial charge is 0.329 e. The van der Waals surface area contributed by atoms with Crippen molar-refractivity contribution in [3.8, 4) is 0 Å². The van der Waals surface area contributed by atoms with Gasteiger partial charge in [0.2, 0.25) is 0 Å². The van der Waals surface area contributed by atoms with Crippen molar-refractivity contribution >= 4 is 17.9 Å². The van der Waals surface area contributed by atoms with Crippen molar-refractivity contribution in [3.05, 3.63) is 0 Å². The molecule has 0 aliphatic heterocycles. The Kier molecular flexibility index (Phi) is 8.50. The number of carboxylic acid groups (broad SMARTS) is 1. The molecule has 0 aliphatic carbocycles. The van der Waals surface area contributed by atoms with Crippen LogP contribution >= 0.6 is 0 Å². The molecule has 2 N–H and O–H groups in total. The predicted octanol–water partition coefficient (Wildman–Crippen LogP) is -0.708. The van der Waals surface area contributed by atoms with Crippen LogP contribution in [0.1, 0.15) is 6.92 Å². The van der Waals surface area contributed by atoms with Gasteiger partial charge in [-0.2, -0.15) is 0 Å². The highest BCUT2D eigenvalue weighted by Gasteiger charge is 2.12. The Morgan fingerprint density at radius 1 is 1.22 bits per heavy atom. The fraction of sp³-hybridized carbons (Fsp3) is 0.700. The SMILES string of the molecule is CCOCCN(C)C(=O)NC(=O)COCC(=O)O. The molecule has 0 aromatic rings. The third-order valence-electron chi connectivity index (χ3n) is 1.83. The molecule has 104 valence electrons. The monoisotopic (exact) mass is 262 g/mol. The average molecular weight is 262 g/mol. The largest absolute Gasteiger partial charge is 0.480 e. The fourth-order valence-corrected chi connectivity index (χ4v) is 0.929. The van der Waals surface area contributed by atoms with Crippen LogP contribution in [-0.2, 0) is 19.1 Å². The normalized spacial score (nSPS) is 9.89. The molecule has 0 aromatic heterocycles. The Balaban J connectivity index is 3.77. The summed E-state index contributed by atoms with van der Waals surface area (Å²) in [7, 11) is 1.51. The van der Waals surface area contributed by atoms with E-state index in [4.69, 9.17) is 9.84 Å². The van der Waals surface area contributed by atoms with Gasteiger partial charge in [0.1, 0.15) is 13.2 Å². The van der Waals surface area contributed by atoms with Crippen molar-refractivity contribution in [1.82, 2.24) is 10.2 Å². The zero-order valence-electron chi connectivity index (χ0n) is 10.5. The molecule has 0 saturated heterocycles. The maximum absolute atomic E-state index is 11.4. The van der Waals surface area contributed by atoms with E-state index in [9.17, 15) is 14.4 Å². The Hall–Kier alpha value is -1.67. The number of hydrogen-bond acceptors (Lipinski definition) is 5. The first-order chi connectivity index (χ1) is 8.47. The summed E-state index contributed by atoms with van der Waals surface area (Å²) in [6.07, 6.45) is 0. The van der Waals surface area contributed by atoms with Crippen molar-refractivity contribution in [2.24, 2.45) is 0 Å². The number of hydrogen-bond donors (Lipinski definition) is 2. The Labute approximate surface area is 105 Å². The molecule has 0 saturated carbocycles. The highest BCUT2D eigenvalue weighted by atomic mass is 16.5. The van der Waals surface area contributed by atoms with Gasteiger partial charge in [0.15, 0.2) is 0 Å². The van der Waals surface area contributed by atoms with Gasteiger partial charge in [-0.05, 0) is 6.92 Å². The number of urea groups is 1. The summed E-state index contributed by atoms with van der Waals surface area (Å²) >= 11 is 0. The molecule has 3 amide bonds. The van der Waals surface area contributed by atoms with Gasteiger partial charge in [-0.25, -0.2) is 9.59 Å². The highest BCUT2D eigenvalue weighted by Crippen LogP contribution is 1.86. The molecule has 0 bridgehead atoms. The standard InChI is InChI=1S/C10H18N2O6/c1-3-17-5-4-12(2)10(16)11-8(13)6-18-7-9(14)15/h3-7H2,1-2H3,(H,14,15)(H,11,13,16). The van der Waals surface area contributed by atoms with Gasteiger partial charge in [-0.1, -0.05) is 0 Å². The number of carboxylic acids is 1. The van der Waals surface area contributed by atoms with Crippen LogP contribution in [-0.4, -0.2) is 67.9 Å². The maximum atomic E-state index is 11.4. The molecule has 18 heavy (non-hydrogen) atoms. The van der Waals surface area contributed by atoms with Gasteiger partial charge in [-0.15, -0.1) is 0 Å². The highest BCUT2D eigenvalue weighted by molar-refractivity contribution is 5.94. The number of imide groups is 1. The van der Waals surface area contributed by atoms with Gasteiger partial charge in [0.05, 0.1) is 6.61 Å². The van der Waals surface area contributed by atoms with Crippen LogP contribution in [0.2, 0.25) is 0 Å². The van der Waals surface area contributed by atoms with E-state index in [1.807, 2.05) is 6.92 Å². The molecule has 0 heterocycles. The van der Waals surface area contributed by atoms with E-state index in [-0.39, 0.29) is 0 Å². The number of nitrogens with one attached hydrogen (secondary N) is 1. The second-order valence-corrected chi connectivity index (χ2v) is 3.36. The average Bonchev–Trinajstić information content (AvgIpc) is 2.28. The number of carbonyl (C=O) groups excluding carboxylic acids is 2. The van der Waals surface area contributed by atoms with E-state index in [0.29, 0.717) is 19.8 Å². The summed E-state index contributed by atoms with van der Waals surface area (Å²) in [6, 6.07) is -0.585. The molecule has 0 aromatic carbocycles. The van der Waals surface area contributed by atoms with Gasteiger partial charge in [0.25, 0.3) is 5.91 Å². The van der Waals surface area contributed by atoms with E-state index in [0.717, 1.165) is 0 Å². The van der Waals surface area contributed by atoms with Crippen LogP contribution < -0.4 is 5.32 Å².